The average molecular weight is 601 g/mol. The minimum absolute atomic E-state index is 0. The fraction of sp³-hybridized carbons (Fsp3) is 0.971. The molecule has 3 heterocycles. The van der Waals surface area contributed by atoms with Crippen molar-refractivity contribution in [3.05, 3.63) is 0 Å². The Bertz CT molecular complexity index is 682. The zero-order chi connectivity index (χ0) is 30.6. The summed E-state index contributed by atoms with van der Waals surface area (Å²) >= 11 is 0. The molecule has 0 aromatic rings. The number of rotatable bonds is 6. The molecular weight excluding hydrogens is 524 g/mol. The van der Waals surface area contributed by atoms with Gasteiger partial charge < -0.3 is 15.4 Å². The van der Waals surface area contributed by atoms with Crippen LogP contribution in [0.5, 0.6) is 0 Å². The first kappa shape index (κ1) is 43.4. The van der Waals surface area contributed by atoms with E-state index >= 15 is 0 Å². The molecule has 0 bridgehead atoms. The standard InChI is InChI=1S/C11H24N2O.C11H24N2.C10H20N2O.2CH4/c1-11(2,3)13-7-5-12(6-8-13)9-10-14-4;1-5-6-12-7-9-13(10-8-12)11(2,3)4;1-10(2,3)12-6-4-5-8(7-12)9(11)13;;/h5-10H2,1-4H3;5-10H2,1-4H3;8H,4-7H2,1-3H3,(H2,11,13);2*1H4. The average Bonchev–Trinajstić information content (AvgIpc) is 2.87. The second kappa shape index (κ2) is 20.3. The summed E-state index contributed by atoms with van der Waals surface area (Å²) < 4.78 is 5.08. The lowest BCUT2D eigenvalue weighted by atomic mass is 9.93. The van der Waals surface area contributed by atoms with E-state index < -0.39 is 0 Å². The molecule has 3 rings (SSSR count). The third kappa shape index (κ3) is 16.9. The molecule has 3 aliphatic heterocycles. The first-order chi connectivity index (χ1) is 18.5. The molecule has 2 N–H and O–H groups in total. The second-order valence-corrected chi connectivity index (χ2v) is 14.9. The third-order valence-electron chi connectivity index (χ3n) is 8.57. The molecule has 3 fully saturated rings. The van der Waals surface area contributed by atoms with Crippen molar-refractivity contribution in [1.29, 1.82) is 0 Å². The van der Waals surface area contributed by atoms with Crippen LogP contribution >= 0.6 is 0 Å². The maximum absolute atomic E-state index is 11.0. The normalized spacial score (nSPS) is 22.0. The number of ether oxygens (including phenoxy) is 1. The molecule has 254 valence electrons. The van der Waals surface area contributed by atoms with Crippen LogP contribution in [-0.4, -0.2) is 139 Å². The van der Waals surface area contributed by atoms with Gasteiger partial charge in [0.25, 0.3) is 0 Å². The Morgan fingerprint density at radius 2 is 1.10 bits per heavy atom. The van der Waals surface area contributed by atoms with E-state index in [9.17, 15) is 4.79 Å². The van der Waals surface area contributed by atoms with Crippen LogP contribution in [-0.2, 0) is 9.53 Å². The first-order valence-electron chi connectivity index (χ1n) is 16.0. The van der Waals surface area contributed by atoms with Gasteiger partial charge >= 0.3 is 0 Å². The van der Waals surface area contributed by atoms with Crippen LogP contribution in [0.15, 0.2) is 0 Å². The predicted molar refractivity (Wildman–Crippen MR) is 184 cm³/mol. The number of methoxy groups -OCH3 is 1. The van der Waals surface area contributed by atoms with Crippen molar-refractivity contribution in [2.45, 2.75) is 120 Å². The minimum atomic E-state index is -0.144. The van der Waals surface area contributed by atoms with Gasteiger partial charge in [-0.1, -0.05) is 21.8 Å². The number of amides is 1. The van der Waals surface area contributed by atoms with Crippen molar-refractivity contribution in [3.8, 4) is 0 Å². The van der Waals surface area contributed by atoms with Crippen LogP contribution in [0.4, 0.5) is 0 Å². The van der Waals surface area contributed by atoms with E-state index in [0.717, 1.165) is 39.1 Å². The Morgan fingerprint density at radius 1 is 0.690 bits per heavy atom. The van der Waals surface area contributed by atoms with Crippen molar-refractivity contribution in [3.63, 3.8) is 0 Å². The van der Waals surface area contributed by atoms with Crippen molar-refractivity contribution < 1.29 is 9.53 Å². The Balaban J connectivity index is 0. The fourth-order valence-corrected chi connectivity index (χ4v) is 5.64. The predicted octanol–water partition coefficient (Wildman–Crippen LogP) is 5.12. The molecule has 42 heavy (non-hydrogen) atoms. The first-order valence-corrected chi connectivity index (χ1v) is 16.0. The molecule has 8 heteroatoms. The molecule has 3 saturated heterocycles. The molecular formula is C34H76N6O2. The monoisotopic (exact) mass is 601 g/mol. The number of primary amides is 1. The van der Waals surface area contributed by atoms with Crippen LogP contribution in [0.25, 0.3) is 0 Å². The molecule has 0 saturated carbocycles. The molecule has 1 amide bonds. The SMILES string of the molecule is C.C.CC(C)(C)N1CCCC(C(N)=O)C1.CCCN1CCN(C(C)(C)C)CC1.COCCN1CCN(C(C)(C)C)CC1. The summed E-state index contributed by atoms with van der Waals surface area (Å²) in [6.07, 6.45) is 3.34. The van der Waals surface area contributed by atoms with Crippen LogP contribution in [0.2, 0.25) is 0 Å². The molecule has 0 spiro atoms. The summed E-state index contributed by atoms with van der Waals surface area (Å²) in [4.78, 5) is 23.5. The lowest BCUT2D eigenvalue weighted by molar-refractivity contribution is -0.124. The van der Waals surface area contributed by atoms with Crippen molar-refractivity contribution in [1.82, 2.24) is 24.5 Å². The molecule has 3 aliphatic rings. The van der Waals surface area contributed by atoms with Gasteiger partial charge in [-0.2, -0.15) is 0 Å². The molecule has 0 aromatic carbocycles. The highest BCUT2D eigenvalue weighted by Gasteiger charge is 2.30. The highest BCUT2D eigenvalue weighted by molar-refractivity contribution is 5.76. The summed E-state index contributed by atoms with van der Waals surface area (Å²) in [5.41, 5.74) is 6.15. The Kier molecular flexibility index (Phi) is 21.0. The van der Waals surface area contributed by atoms with Gasteiger partial charge in [0.1, 0.15) is 0 Å². The number of piperidine rings is 1. The van der Waals surface area contributed by atoms with Crippen LogP contribution in [0.3, 0.4) is 0 Å². The third-order valence-corrected chi connectivity index (χ3v) is 8.57. The van der Waals surface area contributed by atoms with E-state index in [-0.39, 0.29) is 32.2 Å². The Hall–Kier alpha value is -0.770. The Labute approximate surface area is 263 Å². The molecule has 0 radical (unpaired) electrons. The summed E-state index contributed by atoms with van der Waals surface area (Å²) in [5, 5.41) is 0. The van der Waals surface area contributed by atoms with Gasteiger partial charge in [-0.25, -0.2) is 0 Å². The molecule has 0 aromatic heterocycles. The molecule has 1 unspecified atom stereocenters. The van der Waals surface area contributed by atoms with Gasteiger partial charge in [0, 0.05) is 89.2 Å². The van der Waals surface area contributed by atoms with E-state index in [1.54, 1.807) is 7.11 Å². The highest BCUT2D eigenvalue weighted by atomic mass is 16.5. The van der Waals surface area contributed by atoms with Gasteiger partial charge in [0.15, 0.2) is 0 Å². The Morgan fingerprint density at radius 3 is 1.43 bits per heavy atom. The number of hydrogen-bond acceptors (Lipinski definition) is 7. The van der Waals surface area contributed by atoms with E-state index in [4.69, 9.17) is 10.5 Å². The van der Waals surface area contributed by atoms with Gasteiger partial charge in [-0.3, -0.25) is 24.4 Å². The van der Waals surface area contributed by atoms with Crippen molar-refractivity contribution in [2.75, 3.05) is 92.3 Å². The summed E-state index contributed by atoms with van der Waals surface area (Å²) in [7, 11) is 1.77. The van der Waals surface area contributed by atoms with E-state index in [1.807, 2.05) is 0 Å². The largest absolute Gasteiger partial charge is 0.383 e. The molecule has 1 atom stereocenters. The maximum atomic E-state index is 11.0. The van der Waals surface area contributed by atoms with Crippen LogP contribution in [0, 0.1) is 5.92 Å². The number of carbonyl (C=O) groups is 1. The van der Waals surface area contributed by atoms with Gasteiger partial charge in [0.2, 0.25) is 5.91 Å². The zero-order valence-electron chi connectivity index (χ0n) is 28.5. The lowest BCUT2D eigenvalue weighted by Gasteiger charge is -2.42. The zero-order valence-corrected chi connectivity index (χ0v) is 28.5. The lowest BCUT2D eigenvalue weighted by Crippen LogP contribution is -2.53. The summed E-state index contributed by atoms with van der Waals surface area (Å²) in [6.45, 7) is 37.4. The van der Waals surface area contributed by atoms with Crippen LogP contribution in [0.1, 0.15) is 103 Å². The summed E-state index contributed by atoms with van der Waals surface area (Å²) in [5.74, 6) is -0.0816. The summed E-state index contributed by atoms with van der Waals surface area (Å²) in [6, 6.07) is 0. The fourth-order valence-electron chi connectivity index (χ4n) is 5.64. The number of hydrogen-bond donors (Lipinski definition) is 1. The van der Waals surface area contributed by atoms with Gasteiger partial charge in [0.05, 0.1) is 12.5 Å². The second-order valence-electron chi connectivity index (χ2n) is 14.9. The quantitative estimate of drug-likeness (QED) is 0.454. The minimum Gasteiger partial charge on any atom is -0.383 e. The molecule has 8 nitrogen and oxygen atoms in total. The van der Waals surface area contributed by atoms with E-state index in [1.165, 1.54) is 65.3 Å². The topological polar surface area (TPSA) is 68.5 Å². The number of likely N-dealkylation sites (tertiary alicyclic amines) is 1. The number of piperazine rings is 2. The van der Waals surface area contributed by atoms with Crippen LogP contribution < -0.4 is 5.73 Å². The van der Waals surface area contributed by atoms with E-state index in [0.29, 0.717) is 11.1 Å². The number of nitrogens with zero attached hydrogens (tertiary/aromatic N) is 5. The maximum Gasteiger partial charge on any atom is 0.221 e. The highest BCUT2D eigenvalue weighted by Crippen LogP contribution is 2.23. The number of nitrogens with two attached hydrogens (primary N) is 1. The van der Waals surface area contributed by atoms with Gasteiger partial charge in [-0.05, 0) is 94.7 Å². The van der Waals surface area contributed by atoms with E-state index in [2.05, 4.69) is 93.7 Å². The smallest absolute Gasteiger partial charge is 0.221 e. The van der Waals surface area contributed by atoms with Gasteiger partial charge in [-0.15, -0.1) is 0 Å². The number of carbonyl (C=O) groups excluding carboxylic acids is 1. The van der Waals surface area contributed by atoms with Crippen molar-refractivity contribution >= 4 is 5.91 Å². The molecule has 0 aliphatic carbocycles. The van der Waals surface area contributed by atoms with Crippen molar-refractivity contribution in [2.24, 2.45) is 11.7 Å².